The van der Waals surface area contributed by atoms with Crippen molar-refractivity contribution in [2.24, 2.45) is 11.8 Å². The average Bonchev–Trinajstić information content (AvgIpc) is 3.08. The third-order valence-corrected chi connectivity index (χ3v) is 6.87. The molecule has 0 atom stereocenters. The van der Waals surface area contributed by atoms with E-state index in [2.05, 4.69) is 45.5 Å². The van der Waals surface area contributed by atoms with E-state index >= 15 is 0 Å². The highest BCUT2D eigenvalue weighted by atomic mass is 16.5. The first-order valence-corrected chi connectivity index (χ1v) is 12.6. The molecule has 0 saturated heterocycles. The van der Waals surface area contributed by atoms with Crippen LogP contribution in [0.4, 0.5) is 11.6 Å². The summed E-state index contributed by atoms with van der Waals surface area (Å²) in [7, 11) is 0. The SMILES string of the molecule is CC(C)C(=O)O[C@H]1C[C@H](CNc2cc(N3CCc4ccccc4CC3)nc(-c3ccccn3)n2)C1. The predicted octanol–water partition coefficient (Wildman–Crippen LogP) is 4.53. The van der Waals surface area contributed by atoms with E-state index in [4.69, 9.17) is 14.7 Å². The summed E-state index contributed by atoms with van der Waals surface area (Å²) in [5.41, 5.74) is 3.61. The summed E-state index contributed by atoms with van der Waals surface area (Å²) in [6.07, 6.45) is 5.59. The Hall–Kier alpha value is -3.48. The predicted molar refractivity (Wildman–Crippen MR) is 137 cm³/mol. The number of nitrogens with one attached hydrogen (secondary N) is 1. The van der Waals surface area contributed by atoms with Gasteiger partial charge >= 0.3 is 5.97 Å². The lowest BCUT2D eigenvalue weighted by Gasteiger charge is -2.35. The van der Waals surface area contributed by atoms with Crippen molar-refractivity contribution in [3.05, 3.63) is 65.9 Å². The molecule has 1 N–H and O–H groups in total. The van der Waals surface area contributed by atoms with E-state index in [9.17, 15) is 4.79 Å². The molecule has 0 spiro atoms. The van der Waals surface area contributed by atoms with Gasteiger partial charge in [-0.05, 0) is 54.9 Å². The summed E-state index contributed by atoms with van der Waals surface area (Å²) < 4.78 is 5.54. The van der Waals surface area contributed by atoms with Crippen LogP contribution in [0.3, 0.4) is 0 Å². The van der Waals surface area contributed by atoms with Gasteiger partial charge in [0.1, 0.15) is 23.4 Å². The van der Waals surface area contributed by atoms with Gasteiger partial charge in [0, 0.05) is 31.9 Å². The zero-order valence-corrected chi connectivity index (χ0v) is 20.5. The number of pyridine rings is 1. The van der Waals surface area contributed by atoms with Crippen molar-refractivity contribution in [1.82, 2.24) is 15.0 Å². The summed E-state index contributed by atoms with van der Waals surface area (Å²) in [6.45, 7) is 6.37. The summed E-state index contributed by atoms with van der Waals surface area (Å²) >= 11 is 0. The fourth-order valence-electron chi connectivity index (χ4n) is 4.68. The van der Waals surface area contributed by atoms with E-state index in [-0.39, 0.29) is 18.0 Å². The third-order valence-electron chi connectivity index (χ3n) is 6.87. The zero-order chi connectivity index (χ0) is 24.2. The van der Waals surface area contributed by atoms with Crippen LogP contribution in [0.1, 0.15) is 37.8 Å². The highest BCUT2D eigenvalue weighted by molar-refractivity contribution is 5.71. The first-order valence-electron chi connectivity index (χ1n) is 12.6. The Morgan fingerprint density at radius 2 is 1.77 bits per heavy atom. The molecule has 35 heavy (non-hydrogen) atoms. The topological polar surface area (TPSA) is 80.2 Å². The van der Waals surface area contributed by atoms with Crippen LogP contribution in [0.5, 0.6) is 0 Å². The Bertz CT molecular complexity index is 1130. The fraction of sp³-hybridized carbons (Fsp3) is 0.429. The quantitative estimate of drug-likeness (QED) is 0.507. The molecule has 182 valence electrons. The molecule has 0 unspecified atom stereocenters. The number of carbonyl (C=O) groups excluding carboxylic acids is 1. The fourth-order valence-corrected chi connectivity index (χ4v) is 4.68. The molecule has 7 heteroatoms. The minimum Gasteiger partial charge on any atom is -0.462 e. The van der Waals surface area contributed by atoms with Crippen molar-refractivity contribution in [3.8, 4) is 11.5 Å². The van der Waals surface area contributed by atoms with E-state index in [1.807, 2.05) is 32.0 Å². The Labute approximate surface area is 207 Å². The first kappa shape index (κ1) is 23.3. The Kier molecular flexibility index (Phi) is 6.93. The molecular weight excluding hydrogens is 438 g/mol. The standard InChI is InChI=1S/C28H33N5O2/c1-19(2)28(34)35-23-15-20(16-23)18-30-25-17-26(32-27(31-25)24-9-5-6-12-29-24)33-13-10-21-7-3-4-8-22(21)11-14-33/h3-9,12,17,19-20,23H,10-11,13-16,18H2,1-2H3,(H,30,31,32)/t20-,23-. The van der Waals surface area contributed by atoms with E-state index in [0.717, 1.165) is 62.6 Å². The van der Waals surface area contributed by atoms with Gasteiger partial charge in [0.05, 0.1) is 5.92 Å². The molecule has 3 heterocycles. The number of ether oxygens (including phenoxy) is 1. The maximum absolute atomic E-state index is 11.8. The van der Waals surface area contributed by atoms with Crippen molar-refractivity contribution in [3.63, 3.8) is 0 Å². The molecule has 7 nitrogen and oxygen atoms in total. The number of hydrogen-bond acceptors (Lipinski definition) is 7. The summed E-state index contributed by atoms with van der Waals surface area (Å²) in [5.74, 6) is 2.63. The number of carbonyl (C=O) groups is 1. The molecule has 1 aliphatic carbocycles. The van der Waals surface area contributed by atoms with Crippen LogP contribution in [0.25, 0.3) is 11.5 Å². The van der Waals surface area contributed by atoms with Crippen molar-refractivity contribution in [1.29, 1.82) is 0 Å². The molecule has 1 saturated carbocycles. The van der Waals surface area contributed by atoms with Gasteiger partial charge in [0.25, 0.3) is 0 Å². The third kappa shape index (κ3) is 5.61. The van der Waals surface area contributed by atoms with Crippen LogP contribution in [0, 0.1) is 11.8 Å². The second-order valence-corrected chi connectivity index (χ2v) is 9.84. The lowest BCUT2D eigenvalue weighted by molar-refractivity contribution is -0.159. The lowest BCUT2D eigenvalue weighted by Crippen LogP contribution is -2.37. The van der Waals surface area contributed by atoms with Crippen LogP contribution in [-0.2, 0) is 22.4 Å². The molecule has 2 aliphatic rings. The van der Waals surface area contributed by atoms with Crippen LogP contribution in [0.2, 0.25) is 0 Å². The van der Waals surface area contributed by atoms with Crippen molar-refractivity contribution in [2.45, 2.75) is 45.6 Å². The summed E-state index contributed by atoms with van der Waals surface area (Å²) in [4.78, 5) is 28.4. The van der Waals surface area contributed by atoms with E-state index in [1.165, 1.54) is 11.1 Å². The number of fused-ring (bicyclic) bond motifs is 1. The van der Waals surface area contributed by atoms with Gasteiger partial charge in [-0.15, -0.1) is 0 Å². The number of rotatable bonds is 7. The second kappa shape index (κ2) is 10.4. The number of nitrogens with zero attached hydrogens (tertiary/aromatic N) is 4. The van der Waals surface area contributed by atoms with Crippen LogP contribution < -0.4 is 10.2 Å². The smallest absolute Gasteiger partial charge is 0.308 e. The second-order valence-electron chi connectivity index (χ2n) is 9.84. The number of anilines is 2. The monoisotopic (exact) mass is 471 g/mol. The van der Waals surface area contributed by atoms with E-state index in [0.29, 0.717) is 11.7 Å². The molecule has 1 aliphatic heterocycles. The van der Waals surface area contributed by atoms with E-state index in [1.54, 1.807) is 6.20 Å². The normalized spacial score (nSPS) is 19.5. The van der Waals surface area contributed by atoms with Crippen molar-refractivity contribution >= 4 is 17.6 Å². The molecule has 3 aromatic rings. The largest absolute Gasteiger partial charge is 0.462 e. The number of benzene rings is 1. The molecular formula is C28H33N5O2. The maximum Gasteiger partial charge on any atom is 0.308 e. The number of aromatic nitrogens is 3. The number of hydrogen-bond donors (Lipinski definition) is 1. The Morgan fingerprint density at radius 3 is 2.43 bits per heavy atom. The van der Waals surface area contributed by atoms with Gasteiger partial charge in [0.2, 0.25) is 0 Å². The van der Waals surface area contributed by atoms with Gasteiger partial charge in [-0.3, -0.25) is 9.78 Å². The minimum atomic E-state index is -0.110. The van der Waals surface area contributed by atoms with Gasteiger partial charge in [0.15, 0.2) is 5.82 Å². The first-order chi connectivity index (χ1) is 17.0. The Morgan fingerprint density at radius 1 is 1.06 bits per heavy atom. The molecule has 2 aromatic heterocycles. The summed E-state index contributed by atoms with van der Waals surface area (Å²) in [6, 6.07) is 16.6. The highest BCUT2D eigenvalue weighted by Crippen LogP contribution is 2.31. The van der Waals surface area contributed by atoms with E-state index < -0.39 is 0 Å². The Balaban J connectivity index is 1.29. The van der Waals surface area contributed by atoms with Gasteiger partial charge < -0.3 is 15.0 Å². The maximum atomic E-state index is 11.8. The van der Waals surface area contributed by atoms with Crippen LogP contribution >= 0.6 is 0 Å². The minimum absolute atomic E-state index is 0.0421. The lowest BCUT2D eigenvalue weighted by atomic mass is 9.82. The molecule has 0 bridgehead atoms. The van der Waals surface area contributed by atoms with Crippen molar-refractivity contribution < 1.29 is 9.53 Å². The molecule has 0 amide bonds. The van der Waals surface area contributed by atoms with Gasteiger partial charge in [-0.1, -0.05) is 44.2 Å². The van der Waals surface area contributed by atoms with Gasteiger partial charge in [-0.2, -0.15) is 0 Å². The molecule has 1 aromatic carbocycles. The average molecular weight is 472 g/mol. The summed E-state index contributed by atoms with van der Waals surface area (Å²) in [5, 5.41) is 3.52. The number of esters is 1. The van der Waals surface area contributed by atoms with Crippen LogP contribution in [0.15, 0.2) is 54.7 Å². The molecule has 5 rings (SSSR count). The highest BCUT2D eigenvalue weighted by Gasteiger charge is 2.32. The zero-order valence-electron chi connectivity index (χ0n) is 20.5. The van der Waals surface area contributed by atoms with Crippen molar-refractivity contribution in [2.75, 3.05) is 29.9 Å². The van der Waals surface area contributed by atoms with Crippen LogP contribution in [-0.4, -0.2) is 46.7 Å². The molecule has 1 fully saturated rings. The van der Waals surface area contributed by atoms with Gasteiger partial charge in [-0.25, -0.2) is 9.97 Å². The molecule has 0 radical (unpaired) electrons.